The van der Waals surface area contributed by atoms with Crippen molar-refractivity contribution in [1.82, 2.24) is 0 Å². The van der Waals surface area contributed by atoms with E-state index >= 15 is 0 Å². The van der Waals surface area contributed by atoms with Crippen LogP contribution in [0.15, 0.2) is 47.5 Å². The molecule has 28 heavy (non-hydrogen) atoms. The van der Waals surface area contributed by atoms with Crippen molar-refractivity contribution in [2.24, 2.45) is 4.99 Å². The SMILES string of the molecule is C[C@H]1CN=C(N(C(=O)Nc2ccc(Cl)c(Cl)c2)c2cccc(C(F)(F)F)c2)S1. The van der Waals surface area contributed by atoms with E-state index in [-0.39, 0.29) is 16.0 Å². The zero-order valence-corrected chi connectivity index (χ0v) is 16.8. The maximum Gasteiger partial charge on any atom is 0.416 e. The van der Waals surface area contributed by atoms with Gasteiger partial charge in [0.05, 0.1) is 27.8 Å². The predicted octanol–water partition coefficient (Wildman–Crippen LogP) is 6.54. The smallest absolute Gasteiger partial charge is 0.307 e. The van der Waals surface area contributed by atoms with Crippen molar-refractivity contribution in [3.05, 3.63) is 58.1 Å². The molecule has 1 heterocycles. The zero-order valence-electron chi connectivity index (χ0n) is 14.4. The van der Waals surface area contributed by atoms with E-state index in [1.807, 2.05) is 6.92 Å². The van der Waals surface area contributed by atoms with Gasteiger partial charge in [-0.2, -0.15) is 13.2 Å². The van der Waals surface area contributed by atoms with Crippen molar-refractivity contribution in [3.8, 4) is 0 Å². The first kappa shape index (κ1) is 20.8. The number of halogens is 5. The maximum absolute atomic E-state index is 13.1. The average Bonchev–Trinajstić information content (AvgIpc) is 3.04. The van der Waals surface area contributed by atoms with E-state index in [0.717, 1.165) is 17.0 Å². The summed E-state index contributed by atoms with van der Waals surface area (Å²) in [5, 5.41) is 3.62. The first-order chi connectivity index (χ1) is 13.1. The molecule has 148 valence electrons. The number of carbonyl (C=O) groups excluding carboxylic acids is 1. The Labute approximate surface area is 173 Å². The van der Waals surface area contributed by atoms with Crippen molar-refractivity contribution in [3.63, 3.8) is 0 Å². The van der Waals surface area contributed by atoms with E-state index < -0.39 is 17.8 Å². The van der Waals surface area contributed by atoms with Crippen LogP contribution in [-0.2, 0) is 6.18 Å². The molecule has 0 fully saturated rings. The molecule has 0 aromatic heterocycles. The molecule has 1 aliphatic heterocycles. The van der Waals surface area contributed by atoms with Crippen molar-refractivity contribution < 1.29 is 18.0 Å². The van der Waals surface area contributed by atoms with E-state index in [4.69, 9.17) is 23.2 Å². The molecule has 10 heteroatoms. The Bertz CT molecular complexity index is 937. The van der Waals surface area contributed by atoms with Gasteiger partial charge in [0.1, 0.15) is 0 Å². The van der Waals surface area contributed by atoms with Crippen LogP contribution in [0.2, 0.25) is 10.0 Å². The largest absolute Gasteiger partial charge is 0.416 e. The number of amides is 2. The number of hydrogen-bond acceptors (Lipinski definition) is 3. The second-order valence-corrected chi connectivity index (χ2v) is 8.21. The second-order valence-electron chi connectivity index (χ2n) is 5.99. The van der Waals surface area contributed by atoms with Crippen LogP contribution < -0.4 is 10.2 Å². The lowest BCUT2D eigenvalue weighted by Crippen LogP contribution is -2.38. The molecule has 0 bridgehead atoms. The Morgan fingerprint density at radius 3 is 2.57 bits per heavy atom. The molecule has 0 radical (unpaired) electrons. The molecule has 0 aliphatic carbocycles. The number of nitrogens with one attached hydrogen (secondary N) is 1. The monoisotopic (exact) mass is 447 g/mol. The summed E-state index contributed by atoms with van der Waals surface area (Å²) in [6, 6.07) is 8.40. The summed E-state index contributed by atoms with van der Waals surface area (Å²) in [5.41, 5.74) is -0.435. The zero-order chi connectivity index (χ0) is 20.5. The minimum Gasteiger partial charge on any atom is -0.307 e. The van der Waals surface area contributed by atoms with Gasteiger partial charge in [-0.25, -0.2) is 9.69 Å². The Hall–Kier alpha value is -1.90. The Morgan fingerprint density at radius 2 is 1.96 bits per heavy atom. The van der Waals surface area contributed by atoms with E-state index in [1.54, 1.807) is 6.07 Å². The molecule has 4 nitrogen and oxygen atoms in total. The summed E-state index contributed by atoms with van der Waals surface area (Å²) in [4.78, 5) is 18.4. The third kappa shape index (κ3) is 4.74. The average molecular weight is 448 g/mol. The summed E-state index contributed by atoms with van der Waals surface area (Å²) in [7, 11) is 0. The van der Waals surface area contributed by atoms with Gasteiger partial charge in [0.2, 0.25) is 0 Å². The Balaban J connectivity index is 1.95. The fraction of sp³-hybridized carbons (Fsp3) is 0.222. The lowest BCUT2D eigenvalue weighted by atomic mass is 10.2. The van der Waals surface area contributed by atoms with Crippen molar-refractivity contribution in [2.45, 2.75) is 18.3 Å². The first-order valence-corrected chi connectivity index (χ1v) is 9.73. The molecule has 1 N–H and O–H groups in total. The Morgan fingerprint density at radius 1 is 1.21 bits per heavy atom. The molecule has 0 saturated carbocycles. The lowest BCUT2D eigenvalue weighted by Gasteiger charge is -2.23. The maximum atomic E-state index is 13.1. The number of nitrogens with zero attached hydrogens (tertiary/aromatic N) is 2. The fourth-order valence-corrected chi connectivity index (χ4v) is 3.72. The summed E-state index contributed by atoms with van der Waals surface area (Å²) in [6.07, 6.45) is -4.53. The number of thioether (sulfide) groups is 1. The van der Waals surface area contributed by atoms with E-state index in [2.05, 4.69) is 10.3 Å². The minimum atomic E-state index is -4.53. The highest BCUT2D eigenvalue weighted by molar-refractivity contribution is 8.15. The van der Waals surface area contributed by atoms with E-state index in [9.17, 15) is 18.0 Å². The topological polar surface area (TPSA) is 44.7 Å². The predicted molar refractivity (Wildman–Crippen MR) is 109 cm³/mol. The molecule has 0 spiro atoms. The number of benzene rings is 2. The van der Waals surface area contributed by atoms with Gasteiger partial charge in [0.25, 0.3) is 0 Å². The number of urea groups is 1. The summed E-state index contributed by atoms with van der Waals surface area (Å²) >= 11 is 13.1. The summed E-state index contributed by atoms with van der Waals surface area (Å²) in [6.45, 7) is 2.39. The third-order valence-corrected chi connectivity index (χ3v) is 5.60. The van der Waals surface area contributed by atoms with Crippen molar-refractivity contribution in [2.75, 3.05) is 16.8 Å². The highest BCUT2D eigenvalue weighted by Gasteiger charge is 2.33. The lowest BCUT2D eigenvalue weighted by molar-refractivity contribution is -0.137. The van der Waals surface area contributed by atoms with Crippen LogP contribution in [-0.4, -0.2) is 23.0 Å². The molecule has 1 aliphatic rings. The van der Waals surface area contributed by atoms with Gasteiger partial charge < -0.3 is 5.32 Å². The molecule has 3 rings (SSSR count). The molecular formula is C18H14Cl2F3N3OS. The third-order valence-electron chi connectivity index (χ3n) is 3.79. The number of carbonyl (C=O) groups is 1. The van der Waals surface area contributed by atoms with Gasteiger partial charge >= 0.3 is 12.2 Å². The molecule has 0 saturated heterocycles. The number of hydrogen-bond donors (Lipinski definition) is 1. The van der Waals surface area contributed by atoms with Gasteiger partial charge in [0, 0.05) is 10.9 Å². The van der Waals surface area contributed by atoms with E-state index in [0.29, 0.717) is 22.4 Å². The number of rotatable bonds is 2. The van der Waals surface area contributed by atoms with Crippen LogP contribution >= 0.6 is 35.0 Å². The van der Waals surface area contributed by atoms with Crippen molar-refractivity contribution in [1.29, 1.82) is 0 Å². The van der Waals surface area contributed by atoms with Gasteiger partial charge in [-0.1, -0.05) is 48.0 Å². The van der Waals surface area contributed by atoms with Crippen LogP contribution in [0, 0.1) is 0 Å². The normalized spacial score (nSPS) is 16.6. The van der Waals surface area contributed by atoms with Crippen LogP contribution in [0.5, 0.6) is 0 Å². The van der Waals surface area contributed by atoms with Gasteiger partial charge in [-0.15, -0.1) is 0 Å². The number of aliphatic imine (C=N–C) groups is 1. The second kappa shape index (κ2) is 8.23. The Kier molecular flexibility index (Phi) is 6.12. The van der Waals surface area contributed by atoms with Crippen LogP contribution in [0.25, 0.3) is 0 Å². The van der Waals surface area contributed by atoms with Gasteiger partial charge in [-0.05, 0) is 36.4 Å². The van der Waals surface area contributed by atoms with E-state index in [1.165, 1.54) is 36.0 Å². The summed E-state index contributed by atoms with van der Waals surface area (Å²) < 4.78 is 39.4. The van der Waals surface area contributed by atoms with Gasteiger partial charge in [0.15, 0.2) is 5.17 Å². The number of anilines is 2. The molecule has 2 aromatic carbocycles. The molecular weight excluding hydrogens is 434 g/mol. The molecule has 1 atom stereocenters. The van der Waals surface area contributed by atoms with Crippen LogP contribution in [0.4, 0.5) is 29.3 Å². The fourth-order valence-electron chi connectivity index (χ4n) is 2.47. The number of amidine groups is 1. The quantitative estimate of drug-likeness (QED) is 0.567. The minimum absolute atomic E-state index is 0.0627. The van der Waals surface area contributed by atoms with Crippen molar-refractivity contribution >= 4 is 57.5 Å². The van der Waals surface area contributed by atoms with Gasteiger partial charge in [-0.3, -0.25) is 4.99 Å². The van der Waals surface area contributed by atoms with Crippen LogP contribution in [0.1, 0.15) is 12.5 Å². The molecule has 0 unspecified atom stereocenters. The van der Waals surface area contributed by atoms with Crippen LogP contribution in [0.3, 0.4) is 0 Å². The molecule has 2 amide bonds. The standard InChI is InChI=1S/C18H14Cl2F3N3OS/c1-10-9-24-17(28-10)26(13-4-2-3-11(7-13)18(21,22)23)16(27)25-12-5-6-14(19)15(20)8-12/h2-8,10H,9H2,1H3,(H,25,27)/t10-/m0/s1. The highest BCUT2D eigenvalue weighted by atomic mass is 35.5. The molecule has 2 aromatic rings. The first-order valence-electron chi connectivity index (χ1n) is 8.09. The summed E-state index contributed by atoms with van der Waals surface area (Å²) in [5.74, 6) is 0. The highest BCUT2D eigenvalue weighted by Crippen LogP contribution is 2.34. The number of alkyl halides is 3.